The summed E-state index contributed by atoms with van der Waals surface area (Å²) in [6.45, 7) is 1.59. The molecular weight excluding hydrogens is 264 g/mol. The fourth-order valence-corrected chi connectivity index (χ4v) is 2.12. The normalized spacial score (nSPS) is 10.3. The molecule has 2 aromatic rings. The first-order valence-corrected chi connectivity index (χ1v) is 7.04. The van der Waals surface area contributed by atoms with Gasteiger partial charge in [0.15, 0.2) is 0 Å². The molecule has 0 aliphatic rings. The van der Waals surface area contributed by atoms with Crippen LogP contribution >= 0.6 is 0 Å². The summed E-state index contributed by atoms with van der Waals surface area (Å²) in [4.78, 5) is 15.7. The number of esters is 1. The van der Waals surface area contributed by atoms with Crippen LogP contribution in [0.25, 0.3) is 0 Å². The largest absolute Gasteiger partial charge is 0.469 e. The van der Waals surface area contributed by atoms with Crippen LogP contribution in [0.4, 0.5) is 0 Å². The van der Waals surface area contributed by atoms with E-state index in [1.165, 1.54) is 7.11 Å². The van der Waals surface area contributed by atoms with Gasteiger partial charge in [0.25, 0.3) is 0 Å². The molecule has 0 atom stereocenters. The Morgan fingerprint density at radius 1 is 1.14 bits per heavy atom. The van der Waals surface area contributed by atoms with Crippen molar-refractivity contribution in [2.75, 3.05) is 13.7 Å². The Morgan fingerprint density at radius 3 is 2.62 bits per heavy atom. The van der Waals surface area contributed by atoms with Crippen LogP contribution in [0.2, 0.25) is 0 Å². The number of benzene rings is 1. The van der Waals surface area contributed by atoms with Crippen molar-refractivity contribution in [1.82, 2.24) is 10.3 Å². The average Bonchev–Trinajstić information content (AvgIpc) is 2.54. The van der Waals surface area contributed by atoms with Gasteiger partial charge in [0.2, 0.25) is 0 Å². The minimum Gasteiger partial charge on any atom is -0.469 e. The average molecular weight is 284 g/mol. The summed E-state index contributed by atoms with van der Waals surface area (Å²) in [7, 11) is 1.41. The Bertz CT molecular complexity index is 570. The number of pyridine rings is 1. The predicted molar refractivity (Wildman–Crippen MR) is 81.8 cm³/mol. The maximum atomic E-state index is 11.4. The van der Waals surface area contributed by atoms with Gasteiger partial charge in [-0.1, -0.05) is 30.3 Å². The molecule has 0 aliphatic heterocycles. The number of hydrogen-bond donors (Lipinski definition) is 1. The van der Waals surface area contributed by atoms with Gasteiger partial charge in [-0.05, 0) is 23.3 Å². The molecule has 0 spiro atoms. The number of nitrogens with zero attached hydrogens (tertiary/aromatic N) is 1. The van der Waals surface area contributed by atoms with Crippen molar-refractivity contribution in [3.8, 4) is 0 Å². The number of rotatable bonds is 7. The molecule has 2 rings (SSSR count). The summed E-state index contributed by atoms with van der Waals surface area (Å²) < 4.78 is 4.73. The Balaban J connectivity index is 1.84. The van der Waals surface area contributed by atoms with Crippen molar-refractivity contribution in [1.29, 1.82) is 0 Å². The van der Waals surface area contributed by atoms with Crippen LogP contribution in [0.15, 0.2) is 48.7 Å². The topological polar surface area (TPSA) is 51.2 Å². The van der Waals surface area contributed by atoms with E-state index in [-0.39, 0.29) is 5.97 Å². The highest BCUT2D eigenvalue weighted by atomic mass is 16.5. The van der Waals surface area contributed by atoms with Crippen LogP contribution in [0.1, 0.15) is 16.8 Å². The zero-order valence-corrected chi connectivity index (χ0v) is 12.2. The van der Waals surface area contributed by atoms with Crippen molar-refractivity contribution >= 4 is 5.97 Å². The van der Waals surface area contributed by atoms with Crippen LogP contribution in [0.5, 0.6) is 0 Å². The van der Waals surface area contributed by atoms with Crippen LogP contribution in [0.3, 0.4) is 0 Å². The molecule has 0 saturated carbocycles. The standard InChI is InChI=1S/C17H20N2O2/c1-21-17(20)12-14-6-2-3-7-15(14)13-18-11-9-16-8-4-5-10-19-16/h2-8,10,18H,9,11-13H2,1H3. The maximum Gasteiger partial charge on any atom is 0.309 e. The molecule has 0 unspecified atom stereocenters. The van der Waals surface area contributed by atoms with Crippen molar-refractivity contribution in [2.45, 2.75) is 19.4 Å². The van der Waals surface area contributed by atoms with E-state index in [0.29, 0.717) is 6.42 Å². The number of ether oxygens (including phenoxy) is 1. The minimum absolute atomic E-state index is 0.212. The number of carbonyl (C=O) groups is 1. The molecule has 4 nitrogen and oxygen atoms in total. The zero-order chi connectivity index (χ0) is 14.9. The molecule has 1 aromatic carbocycles. The van der Waals surface area contributed by atoms with Crippen LogP contribution in [0, 0.1) is 0 Å². The van der Waals surface area contributed by atoms with E-state index in [1.807, 2.05) is 42.5 Å². The highest BCUT2D eigenvalue weighted by molar-refractivity contribution is 5.72. The highest BCUT2D eigenvalue weighted by Gasteiger charge is 2.07. The minimum atomic E-state index is -0.212. The summed E-state index contributed by atoms with van der Waals surface area (Å²) in [6, 6.07) is 13.9. The second-order valence-corrected chi connectivity index (χ2v) is 4.77. The van der Waals surface area contributed by atoms with Crippen molar-refractivity contribution < 1.29 is 9.53 Å². The lowest BCUT2D eigenvalue weighted by atomic mass is 10.0. The predicted octanol–water partition coefficient (Wildman–Crippen LogP) is 2.13. The first-order chi connectivity index (χ1) is 10.3. The van der Waals surface area contributed by atoms with Crippen molar-refractivity contribution in [3.63, 3.8) is 0 Å². The van der Waals surface area contributed by atoms with E-state index in [4.69, 9.17) is 4.74 Å². The Morgan fingerprint density at radius 2 is 1.90 bits per heavy atom. The maximum absolute atomic E-state index is 11.4. The second-order valence-electron chi connectivity index (χ2n) is 4.77. The summed E-state index contributed by atoms with van der Waals surface area (Å²) in [5.74, 6) is -0.212. The SMILES string of the molecule is COC(=O)Cc1ccccc1CNCCc1ccccn1. The smallest absolute Gasteiger partial charge is 0.309 e. The molecule has 0 fully saturated rings. The van der Waals surface area contributed by atoms with Gasteiger partial charge in [-0.15, -0.1) is 0 Å². The first kappa shape index (κ1) is 15.2. The van der Waals surface area contributed by atoms with Crippen LogP contribution < -0.4 is 5.32 Å². The molecule has 0 aliphatic carbocycles. The molecule has 0 radical (unpaired) electrons. The lowest BCUT2D eigenvalue weighted by Gasteiger charge is -2.10. The Kier molecular flexibility index (Phi) is 5.91. The van der Waals surface area contributed by atoms with Gasteiger partial charge in [-0.2, -0.15) is 0 Å². The molecule has 0 saturated heterocycles. The van der Waals surface area contributed by atoms with E-state index >= 15 is 0 Å². The van der Waals surface area contributed by atoms with E-state index in [9.17, 15) is 4.79 Å². The van der Waals surface area contributed by atoms with Gasteiger partial charge >= 0.3 is 5.97 Å². The molecule has 21 heavy (non-hydrogen) atoms. The van der Waals surface area contributed by atoms with Gasteiger partial charge in [0, 0.05) is 31.4 Å². The molecule has 4 heteroatoms. The third-order valence-corrected chi connectivity index (χ3v) is 3.28. The Labute approximate surface area is 125 Å². The summed E-state index contributed by atoms with van der Waals surface area (Å²) in [6.07, 6.45) is 3.01. The third kappa shape index (κ3) is 5.00. The van der Waals surface area contributed by atoms with Gasteiger partial charge in [0.1, 0.15) is 0 Å². The van der Waals surface area contributed by atoms with E-state index in [1.54, 1.807) is 6.20 Å². The molecule has 0 amide bonds. The number of nitrogens with one attached hydrogen (secondary N) is 1. The van der Waals surface area contributed by atoms with Gasteiger partial charge in [-0.3, -0.25) is 9.78 Å². The molecule has 1 heterocycles. The lowest BCUT2D eigenvalue weighted by Crippen LogP contribution is -2.18. The summed E-state index contributed by atoms with van der Waals surface area (Å²) in [5, 5.41) is 3.39. The molecule has 1 N–H and O–H groups in total. The number of hydrogen-bond acceptors (Lipinski definition) is 4. The lowest BCUT2D eigenvalue weighted by molar-refractivity contribution is -0.139. The second kappa shape index (κ2) is 8.17. The number of carbonyl (C=O) groups excluding carboxylic acids is 1. The summed E-state index contributed by atoms with van der Waals surface area (Å²) in [5.41, 5.74) is 3.21. The van der Waals surface area contributed by atoms with E-state index in [2.05, 4.69) is 10.3 Å². The summed E-state index contributed by atoms with van der Waals surface area (Å²) >= 11 is 0. The van der Waals surface area contributed by atoms with Crippen molar-refractivity contribution in [2.24, 2.45) is 0 Å². The molecule has 110 valence electrons. The quantitative estimate of drug-likeness (QED) is 0.625. The molecule has 1 aromatic heterocycles. The number of methoxy groups -OCH3 is 1. The zero-order valence-electron chi connectivity index (χ0n) is 12.2. The van der Waals surface area contributed by atoms with Crippen LogP contribution in [-0.2, 0) is 28.9 Å². The highest BCUT2D eigenvalue weighted by Crippen LogP contribution is 2.10. The molecule has 0 bridgehead atoms. The fourth-order valence-electron chi connectivity index (χ4n) is 2.12. The van der Waals surface area contributed by atoms with Gasteiger partial charge in [0.05, 0.1) is 13.5 Å². The van der Waals surface area contributed by atoms with Crippen molar-refractivity contribution in [3.05, 3.63) is 65.5 Å². The van der Waals surface area contributed by atoms with E-state index in [0.717, 1.165) is 36.3 Å². The van der Waals surface area contributed by atoms with Crippen LogP contribution in [-0.4, -0.2) is 24.6 Å². The third-order valence-electron chi connectivity index (χ3n) is 3.28. The monoisotopic (exact) mass is 284 g/mol. The van der Waals surface area contributed by atoms with Gasteiger partial charge in [-0.25, -0.2) is 0 Å². The van der Waals surface area contributed by atoms with Gasteiger partial charge < -0.3 is 10.1 Å². The molecular formula is C17H20N2O2. The van der Waals surface area contributed by atoms with E-state index < -0.39 is 0 Å². The Hall–Kier alpha value is -2.20. The fraction of sp³-hybridized carbons (Fsp3) is 0.294. The number of aromatic nitrogens is 1. The first-order valence-electron chi connectivity index (χ1n) is 7.04.